The molecule has 0 aliphatic carbocycles. The van der Waals surface area contributed by atoms with Crippen molar-refractivity contribution in [1.82, 2.24) is 4.98 Å². The van der Waals surface area contributed by atoms with Gasteiger partial charge in [0.05, 0.1) is 18.3 Å². The normalized spacial score (nSPS) is 25.4. The van der Waals surface area contributed by atoms with Crippen molar-refractivity contribution in [2.24, 2.45) is 0 Å². The molecule has 0 radical (unpaired) electrons. The van der Waals surface area contributed by atoms with Gasteiger partial charge >= 0.3 is 11.9 Å². The summed E-state index contributed by atoms with van der Waals surface area (Å²) >= 11 is 0. The van der Waals surface area contributed by atoms with Crippen LogP contribution in [0.4, 0.5) is 0 Å². The van der Waals surface area contributed by atoms with Crippen molar-refractivity contribution in [3.63, 3.8) is 0 Å². The lowest BCUT2D eigenvalue weighted by Gasteiger charge is -2.37. The number of hydrogen-bond acceptors (Lipinski definition) is 6. The number of esters is 1. The molecular formula is C19H23NO7. The van der Waals surface area contributed by atoms with Gasteiger partial charge < -0.3 is 29.4 Å². The molecule has 0 saturated carbocycles. The highest BCUT2D eigenvalue weighted by atomic mass is 16.7. The Balaban J connectivity index is 1.56. The molecule has 1 aliphatic rings. The molecule has 8 nitrogen and oxygen atoms in total. The Kier molecular flexibility index (Phi) is 6.10. The Labute approximate surface area is 156 Å². The second-order valence-electron chi connectivity index (χ2n) is 6.57. The monoisotopic (exact) mass is 377 g/mol. The molecule has 0 bridgehead atoms. The quantitative estimate of drug-likeness (QED) is 0.499. The summed E-state index contributed by atoms with van der Waals surface area (Å²) in [5.41, 5.74) is 1.27. The van der Waals surface area contributed by atoms with Crippen LogP contribution in [0.15, 0.2) is 30.5 Å². The number of aromatic nitrogens is 1. The molecule has 4 atom stereocenters. The predicted molar refractivity (Wildman–Crippen MR) is 95.3 cm³/mol. The van der Waals surface area contributed by atoms with Crippen LogP contribution in [0.25, 0.3) is 10.9 Å². The smallest absolute Gasteiger partial charge is 0.340 e. The third-order valence-corrected chi connectivity index (χ3v) is 4.54. The lowest BCUT2D eigenvalue weighted by molar-refractivity contribution is -0.260. The molecule has 1 aliphatic heterocycles. The lowest BCUT2D eigenvalue weighted by Crippen LogP contribution is -2.48. The van der Waals surface area contributed by atoms with E-state index in [9.17, 15) is 14.7 Å². The minimum Gasteiger partial charge on any atom is -0.481 e. The topological polar surface area (TPSA) is 118 Å². The van der Waals surface area contributed by atoms with E-state index in [1.165, 1.54) is 0 Å². The van der Waals surface area contributed by atoms with Gasteiger partial charge in [-0.2, -0.15) is 0 Å². The summed E-state index contributed by atoms with van der Waals surface area (Å²) in [5.74, 6) is -1.39. The van der Waals surface area contributed by atoms with Gasteiger partial charge in [-0.15, -0.1) is 0 Å². The number of nitrogens with one attached hydrogen (secondary N) is 1. The molecule has 3 rings (SSSR count). The van der Waals surface area contributed by atoms with Crippen LogP contribution in [0.3, 0.4) is 0 Å². The van der Waals surface area contributed by atoms with E-state index in [0.29, 0.717) is 12.0 Å². The fourth-order valence-electron chi connectivity index (χ4n) is 3.09. The van der Waals surface area contributed by atoms with Gasteiger partial charge in [0.25, 0.3) is 0 Å². The molecule has 3 N–H and O–H groups in total. The molecule has 1 fully saturated rings. The van der Waals surface area contributed by atoms with E-state index in [0.717, 1.165) is 10.9 Å². The molecule has 1 saturated heterocycles. The molecular weight excluding hydrogens is 354 g/mol. The van der Waals surface area contributed by atoms with Crippen molar-refractivity contribution in [1.29, 1.82) is 0 Å². The molecule has 0 amide bonds. The van der Waals surface area contributed by atoms with E-state index in [1.54, 1.807) is 13.1 Å². The first-order valence-corrected chi connectivity index (χ1v) is 8.89. The van der Waals surface area contributed by atoms with Crippen molar-refractivity contribution < 1.29 is 34.0 Å². The zero-order valence-electron chi connectivity index (χ0n) is 15.0. The van der Waals surface area contributed by atoms with E-state index < -0.39 is 36.5 Å². The number of para-hydroxylation sites is 1. The number of H-pyrrole nitrogens is 1. The van der Waals surface area contributed by atoms with Gasteiger partial charge in [0.1, 0.15) is 12.2 Å². The van der Waals surface area contributed by atoms with Gasteiger partial charge in [0.15, 0.2) is 6.29 Å². The summed E-state index contributed by atoms with van der Waals surface area (Å²) in [6, 6.07) is 7.42. The highest BCUT2D eigenvalue weighted by Crippen LogP contribution is 2.26. The summed E-state index contributed by atoms with van der Waals surface area (Å²) in [6.07, 6.45) is -0.806. The van der Waals surface area contributed by atoms with Gasteiger partial charge in [0, 0.05) is 29.9 Å². The Hall–Kier alpha value is -2.42. The maximum atomic E-state index is 12.5. The number of benzene rings is 1. The fraction of sp³-hybridized carbons (Fsp3) is 0.474. The van der Waals surface area contributed by atoms with Crippen molar-refractivity contribution in [3.8, 4) is 0 Å². The van der Waals surface area contributed by atoms with Gasteiger partial charge in [-0.05, 0) is 19.4 Å². The SMILES string of the molecule is CC1OC(OCCCC(=O)O)C(O)CC1OC(=O)c1c[nH]c2ccccc12. The number of aliphatic hydroxyl groups excluding tert-OH is 1. The van der Waals surface area contributed by atoms with Crippen LogP contribution in [0, 0.1) is 0 Å². The number of rotatable bonds is 7. The Morgan fingerprint density at radius 2 is 2.11 bits per heavy atom. The Morgan fingerprint density at radius 3 is 2.89 bits per heavy atom. The highest BCUT2D eigenvalue weighted by Gasteiger charge is 2.38. The summed E-state index contributed by atoms with van der Waals surface area (Å²) < 4.78 is 16.6. The second-order valence-corrected chi connectivity index (χ2v) is 6.57. The number of carbonyl (C=O) groups is 2. The summed E-state index contributed by atoms with van der Waals surface area (Å²) in [6.45, 7) is 1.91. The average molecular weight is 377 g/mol. The van der Waals surface area contributed by atoms with Gasteiger partial charge in [-0.1, -0.05) is 18.2 Å². The number of fused-ring (bicyclic) bond motifs is 1. The minimum atomic E-state index is -0.966. The predicted octanol–water partition coefficient (Wildman–Crippen LogP) is 2.07. The molecule has 146 valence electrons. The average Bonchev–Trinajstić information content (AvgIpc) is 3.06. The third-order valence-electron chi connectivity index (χ3n) is 4.54. The van der Waals surface area contributed by atoms with Crippen LogP contribution in [0.2, 0.25) is 0 Å². The number of carbonyl (C=O) groups excluding carboxylic acids is 1. The van der Waals surface area contributed by atoms with Crippen LogP contribution in [0.5, 0.6) is 0 Å². The number of aliphatic hydroxyl groups is 1. The highest BCUT2D eigenvalue weighted by molar-refractivity contribution is 6.04. The standard InChI is InChI=1S/C19H23NO7/c1-11-16(9-15(21)19(26-11)25-8-4-7-17(22)23)27-18(24)13-10-20-14-6-3-2-5-12(13)14/h2-3,5-6,10-11,15-16,19-21H,4,7-9H2,1H3,(H,22,23). The van der Waals surface area contributed by atoms with E-state index in [2.05, 4.69) is 4.98 Å². The van der Waals surface area contributed by atoms with E-state index >= 15 is 0 Å². The summed E-state index contributed by atoms with van der Waals surface area (Å²) in [4.78, 5) is 26.1. The number of aromatic amines is 1. The molecule has 2 heterocycles. The zero-order chi connectivity index (χ0) is 19.4. The molecule has 27 heavy (non-hydrogen) atoms. The maximum Gasteiger partial charge on any atom is 0.340 e. The van der Waals surface area contributed by atoms with Gasteiger partial charge in [-0.25, -0.2) is 4.79 Å². The summed E-state index contributed by atoms with van der Waals surface area (Å²) in [7, 11) is 0. The largest absolute Gasteiger partial charge is 0.481 e. The Morgan fingerprint density at radius 1 is 1.33 bits per heavy atom. The van der Waals surface area contributed by atoms with E-state index in [1.807, 2.05) is 24.3 Å². The third kappa shape index (κ3) is 4.65. The Bertz CT molecular complexity index is 802. The molecule has 2 aromatic rings. The van der Waals surface area contributed by atoms with Crippen LogP contribution >= 0.6 is 0 Å². The van der Waals surface area contributed by atoms with Crippen molar-refractivity contribution in [2.45, 2.75) is 50.8 Å². The molecule has 1 aromatic carbocycles. The second kappa shape index (κ2) is 8.51. The van der Waals surface area contributed by atoms with E-state index in [4.69, 9.17) is 19.3 Å². The van der Waals surface area contributed by atoms with Crippen molar-refractivity contribution in [3.05, 3.63) is 36.0 Å². The number of carboxylic acids is 1. The number of aliphatic carboxylic acids is 1. The van der Waals surface area contributed by atoms with Crippen molar-refractivity contribution in [2.75, 3.05) is 6.61 Å². The van der Waals surface area contributed by atoms with Crippen LogP contribution < -0.4 is 0 Å². The fourth-order valence-corrected chi connectivity index (χ4v) is 3.09. The van der Waals surface area contributed by atoms with Crippen LogP contribution in [-0.2, 0) is 19.0 Å². The molecule has 0 spiro atoms. The van der Waals surface area contributed by atoms with Gasteiger partial charge in [0.2, 0.25) is 0 Å². The number of carboxylic acid groups (broad SMARTS) is 1. The first kappa shape index (κ1) is 19.3. The zero-order valence-corrected chi connectivity index (χ0v) is 15.0. The number of ether oxygens (including phenoxy) is 3. The minimum absolute atomic E-state index is 0.0107. The number of hydrogen-bond donors (Lipinski definition) is 3. The summed E-state index contributed by atoms with van der Waals surface area (Å²) in [5, 5.41) is 19.6. The first-order valence-electron chi connectivity index (χ1n) is 8.89. The molecule has 4 unspecified atom stereocenters. The molecule has 8 heteroatoms. The first-order chi connectivity index (χ1) is 13.0. The van der Waals surface area contributed by atoms with Crippen LogP contribution in [0.1, 0.15) is 36.5 Å². The van der Waals surface area contributed by atoms with Crippen molar-refractivity contribution >= 4 is 22.8 Å². The van der Waals surface area contributed by atoms with Gasteiger partial charge in [-0.3, -0.25) is 4.79 Å². The maximum absolute atomic E-state index is 12.5. The van der Waals surface area contributed by atoms with E-state index in [-0.39, 0.29) is 19.4 Å². The molecule has 1 aromatic heterocycles. The van der Waals surface area contributed by atoms with Crippen LogP contribution in [-0.4, -0.2) is 58.3 Å². The lowest BCUT2D eigenvalue weighted by atomic mass is 10.0.